The minimum atomic E-state index is -0.866. The van der Waals surface area contributed by atoms with E-state index in [1.54, 1.807) is 0 Å². The van der Waals surface area contributed by atoms with E-state index in [-0.39, 0.29) is 5.91 Å². The summed E-state index contributed by atoms with van der Waals surface area (Å²) in [4.78, 5) is 12.3. The number of rotatable bonds is 7. The summed E-state index contributed by atoms with van der Waals surface area (Å²) < 4.78 is 1.97. The third-order valence-electron chi connectivity index (χ3n) is 3.48. The molecule has 0 aliphatic heterocycles. The SMILES string of the molecule is CCCC(C#N)(CCC)C(=O)NCc1cccn1C. The first-order valence-electron chi connectivity index (χ1n) is 6.89. The molecule has 1 amide bonds. The lowest BCUT2D eigenvalue weighted by Gasteiger charge is -2.24. The Morgan fingerprint density at radius 3 is 2.47 bits per heavy atom. The molecule has 104 valence electrons. The molecule has 0 unspecified atom stereocenters. The predicted octanol–water partition coefficient (Wildman–Crippen LogP) is 2.75. The lowest BCUT2D eigenvalue weighted by Crippen LogP contribution is -2.40. The van der Waals surface area contributed by atoms with Crippen molar-refractivity contribution < 1.29 is 4.79 Å². The van der Waals surface area contributed by atoms with E-state index in [9.17, 15) is 10.1 Å². The van der Waals surface area contributed by atoms with Gasteiger partial charge < -0.3 is 9.88 Å². The summed E-state index contributed by atoms with van der Waals surface area (Å²) in [5.41, 5.74) is 0.169. The highest BCUT2D eigenvalue weighted by Crippen LogP contribution is 2.29. The highest BCUT2D eigenvalue weighted by Gasteiger charge is 2.36. The topological polar surface area (TPSA) is 57.8 Å². The van der Waals surface area contributed by atoms with Gasteiger partial charge in [0.1, 0.15) is 5.41 Å². The molecule has 4 nitrogen and oxygen atoms in total. The Labute approximate surface area is 115 Å². The maximum Gasteiger partial charge on any atom is 0.240 e. The van der Waals surface area contributed by atoms with E-state index in [2.05, 4.69) is 11.4 Å². The van der Waals surface area contributed by atoms with Crippen molar-refractivity contribution in [2.45, 2.75) is 46.1 Å². The zero-order chi connectivity index (χ0) is 14.3. The van der Waals surface area contributed by atoms with Crippen molar-refractivity contribution in [3.05, 3.63) is 24.0 Å². The van der Waals surface area contributed by atoms with Gasteiger partial charge in [0.2, 0.25) is 5.91 Å². The maximum absolute atomic E-state index is 12.3. The Hall–Kier alpha value is -1.76. The van der Waals surface area contributed by atoms with Crippen LogP contribution in [0.1, 0.15) is 45.2 Å². The molecular formula is C15H23N3O. The molecule has 0 bridgehead atoms. The second-order valence-electron chi connectivity index (χ2n) is 4.99. The Kier molecular flexibility index (Phi) is 5.62. The molecular weight excluding hydrogens is 238 g/mol. The number of hydrogen-bond acceptors (Lipinski definition) is 2. The molecule has 0 saturated carbocycles. The van der Waals surface area contributed by atoms with Crippen LogP contribution in [0.15, 0.2) is 18.3 Å². The van der Waals surface area contributed by atoms with Crippen molar-refractivity contribution in [1.29, 1.82) is 5.26 Å². The standard InChI is InChI=1S/C15H23N3O/c1-4-8-15(12-16,9-5-2)14(19)17-11-13-7-6-10-18(13)3/h6-7,10H,4-5,8-9,11H2,1-3H3,(H,17,19). The van der Waals surface area contributed by atoms with Crippen LogP contribution in [0.5, 0.6) is 0 Å². The summed E-state index contributed by atoms with van der Waals surface area (Å²) in [6, 6.07) is 6.15. The van der Waals surface area contributed by atoms with Crippen LogP contribution in [-0.2, 0) is 18.4 Å². The molecule has 0 fully saturated rings. The van der Waals surface area contributed by atoms with Gasteiger partial charge in [0.05, 0.1) is 12.6 Å². The predicted molar refractivity (Wildman–Crippen MR) is 75.1 cm³/mol. The zero-order valence-electron chi connectivity index (χ0n) is 12.1. The van der Waals surface area contributed by atoms with Crippen molar-refractivity contribution in [3.8, 4) is 6.07 Å². The maximum atomic E-state index is 12.3. The molecule has 1 aromatic heterocycles. The van der Waals surface area contributed by atoms with Crippen LogP contribution in [-0.4, -0.2) is 10.5 Å². The van der Waals surface area contributed by atoms with Crippen LogP contribution in [0.3, 0.4) is 0 Å². The summed E-state index contributed by atoms with van der Waals surface area (Å²) in [7, 11) is 1.94. The largest absolute Gasteiger partial charge is 0.353 e. The lowest BCUT2D eigenvalue weighted by molar-refractivity contribution is -0.129. The zero-order valence-corrected chi connectivity index (χ0v) is 12.1. The Morgan fingerprint density at radius 1 is 1.42 bits per heavy atom. The molecule has 0 aliphatic carbocycles. The molecule has 0 spiro atoms. The van der Waals surface area contributed by atoms with E-state index in [4.69, 9.17) is 0 Å². The van der Waals surface area contributed by atoms with E-state index in [1.807, 2.05) is 43.8 Å². The molecule has 0 aliphatic rings. The summed E-state index contributed by atoms with van der Waals surface area (Å²) in [6.07, 6.45) is 4.86. The molecule has 0 atom stereocenters. The van der Waals surface area contributed by atoms with Gasteiger partial charge in [-0.3, -0.25) is 4.79 Å². The van der Waals surface area contributed by atoms with Crippen LogP contribution < -0.4 is 5.32 Å². The summed E-state index contributed by atoms with van der Waals surface area (Å²) >= 11 is 0. The minimum Gasteiger partial charge on any atom is -0.353 e. The molecule has 19 heavy (non-hydrogen) atoms. The van der Waals surface area contributed by atoms with Crippen molar-refractivity contribution in [2.24, 2.45) is 12.5 Å². The van der Waals surface area contributed by atoms with E-state index >= 15 is 0 Å². The van der Waals surface area contributed by atoms with Crippen molar-refractivity contribution >= 4 is 5.91 Å². The van der Waals surface area contributed by atoms with Gasteiger partial charge in [0.15, 0.2) is 0 Å². The molecule has 1 N–H and O–H groups in total. The van der Waals surface area contributed by atoms with Crippen LogP contribution in [0, 0.1) is 16.7 Å². The van der Waals surface area contributed by atoms with E-state index in [1.165, 1.54) is 0 Å². The Balaban J connectivity index is 2.72. The van der Waals surface area contributed by atoms with Crippen molar-refractivity contribution in [3.63, 3.8) is 0 Å². The second-order valence-corrected chi connectivity index (χ2v) is 4.99. The molecule has 0 aromatic carbocycles. The Morgan fingerprint density at radius 2 is 2.05 bits per heavy atom. The van der Waals surface area contributed by atoms with Crippen LogP contribution in [0.2, 0.25) is 0 Å². The van der Waals surface area contributed by atoms with Gasteiger partial charge >= 0.3 is 0 Å². The number of carbonyl (C=O) groups excluding carboxylic acids is 1. The number of carbonyl (C=O) groups is 1. The fraction of sp³-hybridized carbons (Fsp3) is 0.600. The molecule has 1 rings (SSSR count). The molecule has 4 heteroatoms. The first-order chi connectivity index (χ1) is 9.09. The number of nitriles is 1. The highest BCUT2D eigenvalue weighted by molar-refractivity contribution is 5.85. The van der Waals surface area contributed by atoms with Gasteiger partial charge in [0.25, 0.3) is 0 Å². The number of amides is 1. The number of hydrogen-bond donors (Lipinski definition) is 1. The summed E-state index contributed by atoms with van der Waals surface area (Å²) in [5, 5.41) is 12.3. The van der Waals surface area contributed by atoms with E-state index in [0.29, 0.717) is 19.4 Å². The highest BCUT2D eigenvalue weighted by atomic mass is 16.2. The smallest absolute Gasteiger partial charge is 0.240 e. The third-order valence-corrected chi connectivity index (χ3v) is 3.48. The van der Waals surface area contributed by atoms with Gasteiger partial charge in [0, 0.05) is 18.9 Å². The van der Waals surface area contributed by atoms with Gasteiger partial charge in [-0.05, 0) is 25.0 Å². The normalized spacial score (nSPS) is 11.1. The van der Waals surface area contributed by atoms with E-state index < -0.39 is 5.41 Å². The fourth-order valence-electron chi connectivity index (χ4n) is 2.39. The fourth-order valence-corrected chi connectivity index (χ4v) is 2.39. The van der Waals surface area contributed by atoms with Crippen LogP contribution >= 0.6 is 0 Å². The monoisotopic (exact) mass is 261 g/mol. The lowest BCUT2D eigenvalue weighted by atomic mass is 9.80. The number of aryl methyl sites for hydroxylation is 1. The first kappa shape index (κ1) is 15.3. The summed E-state index contributed by atoms with van der Waals surface area (Å²) in [5.74, 6) is -0.139. The van der Waals surface area contributed by atoms with Crippen molar-refractivity contribution in [2.75, 3.05) is 0 Å². The molecule has 1 aromatic rings. The van der Waals surface area contributed by atoms with Crippen molar-refractivity contribution in [1.82, 2.24) is 9.88 Å². The van der Waals surface area contributed by atoms with Crippen LogP contribution in [0.4, 0.5) is 0 Å². The van der Waals surface area contributed by atoms with Crippen LogP contribution in [0.25, 0.3) is 0 Å². The van der Waals surface area contributed by atoms with E-state index in [0.717, 1.165) is 18.5 Å². The van der Waals surface area contributed by atoms with Gasteiger partial charge in [-0.1, -0.05) is 26.7 Å². The number of nitrogens with one attached hydrogen (secondary N) is 1. The van der Waals surface area contributed by atoms with Gasteiger partial charge in [-0.2, -0.15) is 5.26 Å². The second kappa shape index (κ2) is 6.98. The average Bonchev–Trinajstić information content (AvgIpc) is 2.81. The average molecular weight is 261 g/mol. The summed E-state index contributed by atoms with van der Waals surface area (Å²) in [6.45, 7) is 4.48. The third kappa shape index (κ3) is 3.60. The molecule has 1 heterocycles. The Bertz CT molecular complexity index is 450. The number of nitrogens with zero attached hydrogens (tertiary/aromatic N) is 2. The minimum absolute atomic E-state index is 0.139. The molecule has 0 saturated heterocycles. The van der Waals surface area contributed by atoms with Gasteiger partial charge in [-0.25, -0.2) is 0 Å². The van der Waals surface area contributed by atoms with Gasteiger partial charge in [-0.15, -0.1) is 0 Å². The number of aromatic nitrogens is 1. The molecule has 0 radical (unpaired) electrons. The quantitative estimate of drug-likeness (QED) is 0.820. The first-order valence-corrected chi connectivity index (χ1v) is 6.89.